The Balaban J connectivity index is 2.25. The summed E-state index contributed by atoms with van der Waals surface area (Å²) in [5.41, 5.74) is 0.887. The maximum atomic E-state index is 9.19. The molecule has 0 unspecified atom stereocenters. The number of phenolic OH excluding ortho intramolecular Hbond substituents is 1. The summed E-state index contributed by atoms with van der Waals surface area (Å²) in [4.78, 5) is 0. The van der Waals surface area contributed by atoms with Crippen LogP contribution in [0.1, 0.15) is 24.7 Å². The monoisotopic (exact) mass is 262 g/mol. The topological polar surface area (TPSA) is 66.2 Å². The number of phenols is 1. The fourth-order valence-corrected chi connectivity index (χ4v) is 1.71. The molecule has 1 aromatic heterocycles. The summed E-state index contributed by atoms with van der Waals surface area (Å²) in [6, 6.07) is 6.79. The molecule has 2 N–H and O–H groups in total. The average molecular weight is 262 g/mol. The highest BCUT2D eigenvalue weighted by molar-refractivity contribution is 7.71. The van der Waals surface area contributed by atoms with E-state index in [4.69, 9.17) is 12.2 Å². The molecule has 0 bridgehead atoms. The van der Waals surface area contributed by atoms with E-state index >= 15 is 0 Å². The van der Waals surface area contributed by atoms with Crippen molar-refractivity contribution in [3.8, 4) is 5.75 Å². The molecule has 6 heteroatoms. The van der Waals surface area contributed by atoms with Crippen molar-refractivity contribution in [1.29, 1.82) is 0 Å². The van der Waals surface area contributed by atoms with Crippen LogP contribution in [-0.4, -0.2) is 26.2 Å². The highest BCUT2D eigenvalue weighted by Crippen LogP contribution is 2.08. The second kappa shape index (κ2) is 5.59. The van der Waals surface area contributed by atoms with E-state index in [1.54, 1.807) is 35.2 Å². The molecule has 0 aliphatic rings. The Hall–Kier alpha value is -1.95. The van der Waals surface area contributed by atoms with Crippen LogP contribution in [-0.2, 0) is 6.42 Å². The molecule has 0 aliphatic carbocycles. The lowest BCUT2D eigenvalue weighted by Gasteiger charge is -1.98. The van der Waals surface area contributed by atoms with E-state index in [0.717, 1.165) is 24.2 Å². The predicted molar refractivity (Wildman–Crippen MR) is 72.5 cm³/mol. The molecule has 1 heterocycles. The van der Waals surface area contributed by atoms with Gasteiger partial charge in [0, 0.05) is 6.42 Å². The van der Waals surface area contributed by atoms with Crippen molar-refractivity contribution < 1.29 is 5.11 Å². The molecule has 1 aromatic carbocycles. The zero-order valence-electron chi connectivity index (χ0n) is 10.00. The summed E-state index contributed by atoms with van der Waals surface area (Å²) in [6.07, 6.45) is 3.48. The van der Waals surface area contributed by atoms with Crippen LogP contribution in [0.4, 0.5) is 0 Å². The van der Waals surface area contributed by atoms with Crippen molar-refractivity contribution in [1.82, 2.24) is 14.9 Å². The lowest BCUT2D eigenvalue weighted by Crippen LogP contribution is -1.98. The van der Waals surface area contributed by atoms with E-state index in [9.17, 15) is 5.11 Å². The molecule has 2 aromatic rings. The third-order valence-corrected chi connectivity index (χ3v) is 2.67. The Kier molecular flexibility index (Phi) is 3.88. The normalized spacial score (nSPS) is 11.2. The van der Waals surface area contributed by atoms with Gasteiger partial charge >= 0.3 is 0 Å². The summed E-state index contributed by atoms with van der Waals surface area (Å²) in [5.74, 6) is 1.05. The Bertz CT molecular complexity index is 597. The van der Waals surface area contributed by atoms with Gasteiger partial charge in [-0.05, 0) is 48.5 Å². The van der Waals surface area contributed by atoms with Gasteiger partial charge in [0.15, 0.2) is 5.82 Å². The van der Waals surface area contributed by atoms with E-state index in [0.29, 0.717) is 4.77 Å². The quantitative estimate of drug-likeness (QED) is 0.657. The van der Waals surface area contributed by atoms with Gasteiger partial charge in [-0.1, -0.05) is 6.92 Å². The molecule has 94 valence electrons. The highest BCUT2D eigenvalue weighted by atomic mass is 32.1. The van der Waals surface area contributed by atoms with Gasteiger partial charge in [-0.3, -0.25) is 5.10 Å². The molecule has 0 saturated heterocycles. The molecule has 5 nitrogen and oxygen atoms in total. The lowest BCUT2D eigenvalue weighted by atomic mass is 10.2. The first-order valence-electron chi connectivity index (χ1n) is 5.70. The third-order valence-electron chi connectivity index (χ3n) is 2.41. The molecule has 0 spiro atoms. The van der Waals surface area contributed by atoms with E-state index in [2.05, 4.69) is 22.2 Å². The number of aryl methyl sites for hydroxylation is 1. The van der Waals surface area contributed by atoms with Crippen LogP contribution in [0.3, 0.4) is 0 Å². The van der Waals surface area contributed by atoms with Gasteiger partial charge in [-0.25, -0.2) is 0 Å². The lowest BCUT2D eigenvalue weighted by molar-refractivity contribution is 0.475. The Labute approximate surface area is 110 Å². The standard InChI is InChI=1S/C12H14N4OS/c1-2-3-11-14-15-12(18)16(11)13-8-9-4-6-10(17)7-5-9/h4-8,17H,2-3H2,1H3,(H,15,18)/b13-8+. The molecular weight excluding hydrogens is 248 g/mol. The van der Waals surface area contributed by atoms with Gasteiger partial charge in [0.25, 0.3) is 0 Å². The number of nitrogens with one attached hydrogen (secondary N) is 1. The highest BCUT2D eigenvalue weighted by Gasteiger charge is 2.02. The van der Waals surface area contributed by atoms with Crippen LogP contribution in [0.15, 0.2) is 29.4 Å². The van der Waals surface area contributed by atoms with E-state index in [1.807, 2.05) is 0 Å². The van der Waals surface area contributed by atoms with Gasteiger partial charge < -0.3 is 5.11 Å². The van der Waals surface area contributed by atoms with Gasteiger partial charge in [0.05, 0.1) is 6.21 Å². The Morgan fingerprint density at radius 2 is 2.17 bits per heavy atom. The zero-order chi connectivity index (χ0) is 13.0. The number of rotatable bonds is 4. The van der Waals surface area contributed by atoms with Gasteiger partial charge in [0.2, 0.25) is 4.77 Å². The number of nitrogens with zero attached hydrogens (tertiary/aromatic N) is 3. The first-order chi connectivity index (χ1) is 8.70. The van der Waals surface area contributed by atoms with Crippen molar-refractivity contribution in [3.63, 3.8) is 0 Å². The van der Waals surface area contributed by atoms with Crippen molar-refractivity contribution in [2.24, 2.45) is 5.10 Å². The summed E-state index contributed by atoms with van der Waals surface area (Å²) in [5, 5.41) is 20.3. The fraction of sp³-hybridized carbons (Fsp3) is 0.250. The molecule has 18 heavy (non-hydrogen) atoms. The zero-order valence-corrected chi connectivity index (χ0v) is 10.8. The number of hydrogen-bond donors (Lipinski definition) is 2. The van der Waals surface area contributed by atoms with Crippen molar-refractivity contribution in [2.45, 2.75) is 19.8 Å². The number of H-pyrrole nitrogens is 1. The van der Waals surface area contributed by atoms with Crippen molar-refractivity contribution in [3.05, 3.63) is 40.4 Å². The van der Waals surface area contributed by atoms with E-state index in [1.165, 1.54) is 0 Å². The summed E-state index contributed by atoms with van der Waals surface area (Å²) in [7, 11) is 0. The molecule has 0 radical (unpaired) electrons. The van der Waals surface area contributed by atoms with Gasteiger partial charge in [-0.2, -0.15) is 14.9 Å². The third kappa shape index (κ3) is 2.84. The number of benzene rings is 1. The number of aromatic hydroxyl groups is 1. The summed E-state index contributed by atoms with van der Waals surface area (Å²) < 4.78 is 2.10. The number of aromatic amines is 1. The van der Waals surface area contributed by atoms with Crippen LogP contribution in [0.5, 0.6) is 5.75 Å². The maximum absolute atomic E-state index is 9.19. The van der Waals surface area contributed by atoms with Crippen molar-refractivity contribution in [2.75, 3.05) is 0 Å². The summed E-state index contributed by atoms with van der Waals surface area (Å²) >= 11 is 5.11. The van der Waals surface area contributed by atoms with Gasteiger partial charge in [-0.15, -0.1) is 0 Å². The minimum Gasteiger partial charge on any atom is -0.508 e. The molecule has 0 saturated carbocycles. The smallest absolute Gasteiger partial charge is 0.216 e. The van der Waals surface area contributed by atoms with Crippen LogP contribution < -0.4 is 0 Å². The van der Waals surface area contributed by atoms with E-state index < -0.39 is 0 Å². The fourth-order valence-electron chi connectivity index (χ4n) is 1.51. The SMILES string of the molecule is CCCc1n[nH]c(=S)n1/N=C/c1ccc(O)cc1. The van der Waals surface area contributed by atoms with Gasteiger partial charge in [0.1, 0.15) is 5.75 Å². The number of aromatic nitrogens is 3. The number of hydrogen-bond acceptors (Lipinski definition) is 4. The average Bonchev–Trinajstić information content (AvgIpc) is 2.71. The van der Waals surface area contributed by atoms with Crippen LogP contribution in [0.2, 0.25) is 0 Å². The molecular formula is C12H14N4OS. The second-order valence-corrected chi connectivity index (χ2v) is 4.23. The first-order valence-corrected chi connectivity index (χ1v) is 6.11. The van der Waals surface area contributed by atoms with E-state index in [-0.39, 0.29) is 5.75 Å². The first kappa shape index (κ1) is 12.5. The Morgan fingerprint density at radius 1 is 1.44 bits per heavy atom. The molecule has 0 aliphatic heterocycles. The Morgan fingerprint density at radius 3 is 2.83 bits per heavy atom. The largest absolute Gasteiger partial charge is 0.508 e. The van der Waals surface area contributed by atoms with Crippen molar-refractivity contribution >= 4 is 18.4 Å². The molecule has 2 rings (SSSR count). The minimum atomic E-state index is 0.235. The maximum Gasteiger partial charge on any atom is 0.216 e. The minimum absolute atomic E-state index is 0.235. The van der Waals surface area contributed by atoms with Crippen LogP contribution >= 0.6 is 12.2 Å². The van der Waals surface area contributed by atoms with Crippen LogP contribution in [0, 0.1) is 4.77 Å². The molecule has 0 amide bonds. The molecule has 0 fully saturated rings. The molecule has 0 atom stereocenters. The van der Waals surface area contributed by atoms with Crippen LogP contribution in [0.25, 0.3) is 0 Å². The second-order valence-electron chi connectivity index (χ2n) is 3.84. The predicted octanol–water partition coefficient (Wildman–Crippen LogP) is 2.48. The summed E-state index contributed by atoms with van der Waals surface area (Å²) in [6.45, 7) is 2.08.